The predicted molar refractivity (Wildman–Crippen MR) is 78.7 cm³/mol. The number of nitrogens with zero attached hydrogens (tertiary/aromatic N) is 1. The average molecular weight is 324 g/mol. The van der Waals surface area contributed by atoms with Crippen molar-refractivity contribution in [3.8, 4) is 5.75 Å². The molecule has 0 spiro atoms. The van der Waals surface area contributed by atoms with Gasteiger partial charge in [0.2, 0.25) is 0 Å². The average Bonchev–Trinajstić information content (AvgIpc) is 2.86. The predicted octanol–water partition coefficient (Wildman–Crippen LogP) is 2.39. The van der Waals surface area contributed by atoms with E-state index in [1.54, 1.807) is 13.0 Å². The third-order valence-electron chi connectivity index (χ3n) is 2.61. The maximum atomic E-state index is 13.3. The quantitative estimate of drug-likeness (QED) is 0.855. The number of para-hydroxylation sites is 1. The number of carbonyl (C=O) groups is 2. The van der Waals surface area contributed by atoms with Gasteiger partial charge in [-0.2, -0.15) is 0 Å². The van der Waals surface area contributed by atoms with Crippen LogP contribution in [0.4, 0.5) is 9.52 Å². The summed E-state index contributed by atoms with van der Waals surface area (Å²) in [6.45, 7) is 1.27. The molecular formula is C14H13FN2O4S. The van der Waals surface area contributed by atoms with Gasteiger partial charge in [0.1, 0.15) is 4.88 Å². The van der Waals surface area contributed by atoms with E-state index in [4.69, 9.17) is 4.74 Å². The molecule has 0 fully saturated rings. The molecule has 0 saturated heterocycles. The summed E-state index contributed by atoms with van der Waals surface area (Å²) in [5.74, 6) is -1.58. The van der Waals surface area contributed by atoms with Crippen LogP contribution in [0.1, 0.15) is 15.4 Å². The number of hydrogen-bond donors (Lipinski definition) is 1. The van der Waals surface area contributed by atoms with Crippen LogP contribution in [0, 0.1) is 12.7 Å². The molecule has 1 aromatic carbocycles. The summed E-state index contributed by atoms with van der Waals surface area (Å²) in [6.07, 6.45) is 0. The van der Waals surface area contributed by atoms with Crippen LogP contribution in [0.3, 0.4) is 0 Å². The van der Waals surface area contributed by atoms with Gasteiger partial charge in [0.15, 0.2) is 23.3 Å². The van der Waals surface area contributed by atoms with E-state index in [0.717, 1.165) is 11.3 Å². The topological polar surface area (TPSA) is 77.5 Å². The summed E-state index contributed by atoms with van der Waals surface area (Å²) >= 11 is 0.998. The van der Waals surface area contributed by atoms with Crippen molar-refractivity contribution in [2.75, 3.05) is 19.0 Å². The Balaban J connectivity index is 1.95. The molecule has 116 valence electrons. The van der Waals surface area contributed by atoms with E-state index >= 15 is 0 Å². The van der Waals surface area contributed by atoms with Crippen LogP contribution in [0.2, 0.25) is 0 Å². The van der Waals surface area contributed by atoms with Gasteiger partial charge in [-0.15, -0.1) is 0 Å². The van der Waals surface area contributed by atoms with E-state index < -0.39 is 17.7 Å². The first-order chi connectivity index (χ1) is 10.5. The third-order valence-corrected chi connectivity index (χ3v) is 3.66. The Morgan fingerprint density at radius 1 is 1.36 bits per heavy atom. The lowest BCUT2D eigenvalue weighted by Crippen LogP contribution is -2.20. The summed E-state index contributed by atoms with van der Waals surface area (Å²) in [7, 11) is 1.27. The zero-order valence-electron chi connectivity index (χ0n) is 11.9. The number of benzene rings is 1. The molecule has 1 aromatic heterocycles. The molecule has 2 rings (SSSR count). The number of methoxy groups -OCH3 is 1. The number of thiazole rings is 1. The number of amides is 1. The summed E-state index contributed by atoms with van der Waals surface area (Å²) in [6, 6.07) is 5.78. The van der Waals surface area contributed by atoms with Crippen molar-refractivity contribution in [1.29, 1.82) is 0 Å². The molecule has 0 unspecified atom stereocenters. The van der Waals surface area contributed by atoms with Gasteiger partial charge >= 0.3 is 5.97 Å². The summed E-state index contributed by atoms with van der Waals surface area (Å²) in [4.78, 5) is 27.6. The number of halogens is 1. The number of aryl methyl sites for hydroxylation is 1. The summed E-state index contributed by atoms with van der Waals surface area (Å²) in [5.41, 5.74) is 0.460. The molecule has 0 saturated carbocycles. The minimum atomic E-state index is -0.548. The van der Waals surface area contributed by atoms with Crippen LogP contribution < -0.4 is 10.1 Å². The van der Waals surface area contributed by atoms with E-state index in [0.29, 0.717) is 10.6 Å². The SMILES string of the molecule is COC(=O)c1sc(NC(=O)COc2ccccc2F)nc1C. The fourth-order valence-corrected chi connectivity index (χ4v) is 2.49. The van der Waals surface area contributed by atoms with Crippen LogP contribution in [-0.4, -0.2) is 30.6 Å². The van der Waals surface area contributed by atoms with Gasteiger partial charge in [-0.3, -0.25) is 10.1 Å². The Hall–Kier alpha value is -2.48. The standard InChI is InChI=1S/C14H13FN2O4S/c1-8-12(13(19)20-2)22-14(16-8)17-11(18)7-21-10-6-4-3-5-9(10)15/h3-6H,7H2,1-2H3,(H,16,17,18). The highest BCUT2D eigenvalue weighted by atomic mass is 32.1. The van der Waals surface area contributed by atoms with E-state index in [1.807, 2.05) is 0 Å². The van der Waals surface area contributed by atoms with Crippen molar-refractivity contribution in [2.24, 2.45) is 0 Å². The Bertz CT molecular complexity index is 702. The van der Waals surface area contributed by atoms with Crippen molar-refractivity contribution in [3.05, 3.63) is 40.7 Å². The van der Waals surface area contributed by atoms with Gasteiger partial charge in [0.05, 0.1) is 12.8 Å². The lowest BCUT2D eigenvalue weighted by molar-refractivity contribution is -0.118. The Morgan fingerprint density at radius 3 is 2.77 bits per heavy atom. The highest BCUT2D eigenvalue weighted by Gasteiger charge is 2.17. The van der Waals surface area contributed by atoms with Crippen molar-refractivity contribution >= 4 is 28.3 Å². The molecular weight excluding hydrogens is 311 g/mol. The Morgan fingerprint density at radius 2 is 2.09 bits per heavy atom. The molecule has 1 N–H and O–H groups in total. The number of aromatic nitrogens is 1. The number of rotatable bonds is 5. The van der Waals surface area contributed by atoms with Crippen LogP contribution >= 0.6 is 11.3 Å². The molecule has 0 aliphatic carbocycles. The molecule has 6 nitrogen and oxygen atoms in total. The van der Waals surface area contributed by atoms with Gasteiger partial charge in [-0.25, -0.2) is 14.2 Å². The zero-order chi connectivity index (χ0) is 16.1. The second kappa shape index (κ2) is 6.99. The largest absolute Gasteiger partial charge is 0.481 e. The maximum Gasteiger partial charge on any atom is 0.350 e. The number of anilines is 1. The van der Waals surface area contributed by atoms with Crippen molar-refractivity contribution in [3.63, 3.8) is 0 Å². The van der Waals surface area contributed by atoms with E-state index in [1.165, 1.54) is 25.3 Å². The number of ether oxygens (including phenoxy) is 2. The first kappa shape index (κ1) is 15.9. The minimum Gasteiger partial charge on any atom is -0.481 e. The van der Waals surface area contributed by atoms with E-state index in [2.05, 4.69) is 15.0 Å². The van der Waals surface area contributed by atoms with Gasteiger partial charge in [-0.05, 0) is 19.1 Å². The van der Waals surface area contributed by atoms with Crippen LogP contribution in [0.15, 0.2) is 24.3 Å². The number of hydrogen-bond acceptors (Lipinski definition) is 6. The number of carbonyl (C=O) groups excluding carboxylic acids is 2. The van der Waals surface area contributed by atoms with Crippen LogP contribution in [0.5, 0.6) is 5.75 Å². The molecule has 22 heavy (non-hydrogen) atoms. The molecule has 1 amide bonds. The molecule has 0 aliphatic rings. The maximum absolute atomic E-state index is 13.3. The Kier molecular flexibility index (Phi) is 5.05. The highest BCUT2D eigenvalue weighted by Crippen LogP contribution is 2.23. The monoisotopic (exact) mass is 324 g/mol. The molecule has 0 bridgehead atoms. The van der Waals surface area contributed by atoms with Crippen molar-refractivity contribution in [1.82, 2.24) is 4.98 Å². The smallest absolute Gasteiger partial charge is 0.350 e. The molecule has 0 radical (unpaired) electrons. The minimum absolute atomic E-state index is 0.0109. The van der Waals surface area contributed by atoms with Crippen LogP contribution in [-0.2, 0) is 9.53 Å². The van der Waals surface area contributed by atoms with E-state index in [-0.39, 0.29) is 17.5 Å². The summed E-state index contributed by atoms with van der Waals surface area (Å²) in [5, 5.41) is 2.74. The lowest BCUT2D eigenvalue weighted by Gasteiger charge is -2.06. The molecule has 0 aliphatic heterocycles. The fourth-order valence-electron chi connectivity index (χ4n) is 1.59. The molecule has 1 heterocycles. The van der Waals surface area contributed by atoms with Gasteiger partial charge in [0.25, 0.3) is 5.91 Å². The second-order valence-corrected chi connectivity index (χ2v) is 5.19. The van der Waals surface area contributed by atoms with Crippen LogP contribution in [0.25, 0.3) is 0 Å². The third kappa shape index (κ3) is 3.79. The highest BCUT2D eigenvalue weighted by molar-refractivity contribution is 7.17. The lowest BCUT2D eigenvalue weighted by atomic mass is 10.3. The van der Waals surface area contributed by atoms with E-state index in [9.17, 15) is 14.0 Å². The zero-order valence-corrected chi connectivity index (χ0v) is 12.7. The normalized spacial score (nSPS) is 10.1. The molecule has 2 aromatic rings. The van der Waals surface area contributed by atoms with Crippen molar-refractivity contribution < 1.29 is 23.5 Å². The molecule has 8 heteroatoms. The second-order valence-electron chi connectivity index (χ2n) is 4.19. The van der Waals surface area contributed by atoms with Crippen molar-refractivity contribution in [2.45, 2.75) is 6.92 Å². The van der Waals surface area contributed by atoms with Gasteiger partial charge < -0.3 is 9.47 Å². The first-order valence-corrected chi connectivity index (χ1v) is 7.06. The number of esters is 1. The van der Waals surface area contributed by atoms with Gasteiger partial charge in [-0.1, -0.05) is 23.5 Å². The Labute approximate surface area is 129 Å². The summed E-state index contributed by atoms with van der Waals surface area (Å²) < 4.78 is 23.0. The molecule has 0 atom stereocenters. The first-order valence-electron chi connectivity index (χ1n) is 6.24. The van der Waals surface area contributed by atoms with Gasteiger partial charge in [0, 0.05) is 0 Å². The number of nitrogens with one attached hydrogen (secondary N) is 1. The fraction of sp³-hybridized carbons (Fsp3) is 0.214.